The van der Waals surface area contributed by atoms with Crippen molar-refractivity contribution in [1.82, 2.24) is 24.6 Å². The standard InChI is InChI=1S/C22H33N5O5S/c1-14-21(15(2)32-23-14)33(30,31)24-18-6-8-25(9-7-18)22(29)26-11-16-10-17(13-26)19-4-3-5-20(28)27(19)12-16/h16-19,24H,3-13H2,1-2H3/t16?,17?,19-/m1/s1. The van der Waals surface area contributed by atoms with E-state index in [4.69, 9.17) is 4.52 Å². The zero-order valence-corrected chi connectivity index (χ0v) is 20.1. The van der Waals surface area contributed by atoms with E-state index in [2.05, 4.69) is 14.8 Å². The lowest BCUT2D eigenvalue weighted by Crippen LogP contribution is -2.62. The summed E-state index contributed by atoms with van der Waals surface area (Å²) in [6.07, 6.45) is 4.89. The van der Waals surface area contributed by atoms with E-state index >= 15 is 0 Å². The van der Waals surface area contributed by atoms with Gasteiger partial charge in [-0.25, -0.2) is 17.9 Å². The van der Waals surface area contributed by atoms with Gasteiger partial charge < -0.3 is 19.2 Å². The van der Waals surface area contributed by atoms with Gasteiger partial charge in [-0.2, -0.15) is 0 Å². The van der Waals surface area contributed by atoms with Gasteiger partial charge in [0.15, 0.2) is 5.76 Å². The average Bonchev–Trinajstić information content (AvgIpc) is 3.13. The molecule has 5 heterocycles. The van der Waals surface area contributed by atoms with Crippen LogP contribution in [0.5, 0.6) is 0 Å². The highest BCUT2D eigenvalue weighted by molar-refractivity contribution is 7.89. The minimum Gasteiger partial charge on any atom is -0.360 e. The zero-order valence-electron chi connectivity index (χ0n) is 19.3. The van der Waals surface area contributed by atoms with E-state index in [-0.39, 0.29) is 34.7 Å². The second-order valence-corrected chi connectivity index (χ2v) is 11.7. The molecular weight excluding hydrogens is 446 g/mol. The first kappa shape index (κ1) is 22.6. The number of nitrogens with zero attached hydrogens (tertiary/aromatic N) is 4. The Labute approximate surface area is 194 Å². The maximum atomic E-state index is 13.3. The third kappa shape index (κ3) is 4.25. The molecule has 3 amide bonds. The van der Waals surface area contributed by atoms with Crippen LogP contribution < -0.4 is 4.72 Å². The predicted octanol–water partition coefficient (Wildman–Crippen LogP) is 1.49. The number of piperidine rings is 4. The first-order chi connectivity index (χ1) is 15.7. The predicted molar refractivity (Wildman–Crippen MR) is 119 cm³/mol. The molecule has 10 nitrogen and oxygen atoms in total. The molecule has 1 aromatic heterocycles. The van der Waals surface area contributed by atoms with Gasteiger partial charge in [0.2, 0.25) is 15.9 Å². The minimum atomic E-state index is -3.71. The van der Waals surface area contributed by atoms with Gasteiger partial charge in [0.25, 0.3) is 0 Å². The summed E-state index contributed by atoms with van der Waals surface area (Å²) >= 11 is 0. The second-order valence-electron chi connectivity index (χ2n) is 10.1. The second kappa shape index (κ2) is 8.57. The van der Waals surface area contributed by atoms with Crippen LogP contribution in [0.1, 0.15) is 50.0 Å². The molecule has 5 rings (SSSR count). The fourth-order valence-electron chi connectivity index (χ4n) is 6.29. The first-order valence-corrected chi connectivity index (χ1v) is 13.5. The number of amides is 3. The topological polar surface area (TPSA) is 116 Å². The Morgan fingerprint density at radius 3 is 2.55 bits per heavy atom. The van der Waals surface area contributed by atoms with Crippen LogP contribution in [0.3, 0.4) is 0 Å². The van der Waals surface area contributed by atoms with Crippen molar-refractivity contribution >= 4 is 22.0 Å². The summed E-state index contributed by atoms with van der Waals surface area (Å²) in [7, 11) is -3.71. The van der Waals surface area contributed by atoms with Crippen LogP contribution in [0.4, 0.5) is 4.79 Å². The van der Waals surface area contributed by atoms with Gasteiger partial charge in [0, 0.05) is 51.2 Å². The summed E-state index contributed by atoms with van der Waals surface area (Å²) < 4.78 is 33.4. The van der Waals surface area contributed by atoms with Crippen molar-refractivity contribution in [3.05, 3.63) is 11.5 Å². The van der Waals surface area contributed by atoms with Gasteiger partial charge in [-0.05, 0) is 57.8 Å². The number of nitrogens with one attached hydrogen (secondary N) is 1. The molecule has 0 spiro atoms. The van der Waals surface area contributed by atoms with E-state index < -0.39 is 10.0 Å². The van der Waals surface area contributed by atoms with Crippen LogP contribution in [0.2, 0.25) is 0 Å². The summed E-state index contributed by atoms with van der Waals surface area (Å²) in [6, 6.07) is 0.102. The third-order valence-corrected chi connectivity index (χ3v) is 9.54. The molecule has 0 aromatic carbocycles. The van der Waals surface area contributed by atoms with Crippen molar-refractivity contribution in [3.8, 4) is 0 Å². The van der Waals surface area contributed by atoms with E-state index in [1.165, 1.54) is 0 Å². The Kier molecular flexibility index (Phi) is 5.88. The lowest BCUT2D eigenvalue weighted by atomic mass is 9.76. The number of urea groups is 1. The van der Waals surface area contributed by atoms with Crippen LogP contribution >= 0.6 is 0 Å². The van der Waals surface area contributed by atoms with Crippen molar-refractivity contribution in [1.29, 1.82) is 0 Å². The molecule has 4 fully saturated rings. The first-order valence-electron chi connectivity index (χ1n) is 12.0. The van der Waals surface area contributed by atoms with Crippen LogP contribution in [0.15, 0.2) is 9.42 Å². The van der Waals surface area contributed by atoms with E-state index in [0.717, 1.165) is 25.8 Å². The van der Waals surface area contributed by atoms with Crippen molar-refractivity contribution in [2.45, 2.75) is 69.4 Å². The van der Waals surface area contributed by atoms with E-state index in [9.17, 15) is 18.0 Å². The van der Waals surface area contributed by atoms with Crippen molar-refractivity contribution in [2.24, 2.45) is 11.8 Å². The fraction of sp³-hybridized carbons (Fsp3) is 0.773. The minimum absolute atomic E-state index is 0.0484. The normalized spacial score (nSPS) is 28.7. The number of carbonyl (C=O) groups excluding carboxylic acids is 2. The van der Waals surface area contributed by atoms with Gasteiger partial charge in [-0.1, -0.05) is 5.16 Å². The monoisotopic (exact) mass is 479 g/mol. The van der Waals surface area contributed by atoms with E-state index in [0.29, 0.717) is 63.0 Å². The van der Waals surface area contributed by atoms with Crippen molar-refractivity contribution < 1.29 is 22.5 Å². The van der Waals surface area contributed by atoms with Crippen molar-refractivity contribution in [2.75, 3.05) is 32.7 Å². The van der Waals surface area contributed by atoms with Crippen LogP contribution in [-0.4, -0.2) is 85.0 Å². The molecular formula is C22H33N5O5S. The number of aromatic nitrogens is 1. The molecule has 0 aliphatic carbocycles. The summed E-state index contributed by atoms with van der Waals surface area (Å²) in [5.74, 6) is 1.28. The lowest BCUT2D eigenvalue weighted by molar-refractivity contribution is -0.144. The summed E-state index contributed by atoms with van der Waals surface area (Å²) in [4.78, 5) is 31.7. The Hall–Kier alpha value is -2.14. The number of aryl methyl sites for hydroxylation is 2. The largest absolute Gasteiger partial charge is 0.360 e. The quantitative estimate of drug-likeness (QED) is 0.702. The Bertz CT molecular complexity index is 1010. The summed E-state index contributed by atoms with van der Waals surface area (Å²) in [5.41, 5.74) is 0.349. The lowest BCUT2D eigenvalue weighted by Gasteiger charge is -2.53. The average molecular weight is 480 g/mol. The smallest absolute Gasteiger partial charge is 0.320 e. The van der Waals surface area contributed by atoms with Gasteiger partial charge in [0.1, 0.15) is 10.6 Å². The Morgan fingerprint density at radius 2 is 1.85 bits per heavy atom. The van der Waals surface area contributed by atoms with Crippen molar-refractivity contribution in [3.63, 3.8) is 0 Å². The number of carbonyl (C=O) groups is 2. The highest BCUT2D eigenvalue weighted by Crippen LogP contribution is 2.38. The maximum absolute atomic E-state index is 13.3. The molecule has 0 saturated carbocycles. The molecule has 182 valence electrons. The van der Waals surface area contributed by atoms with Gasteiger partial charge >= 0.3 is 6.03 Å². The number of sulfonamides is 1. The molecule has 11 heteroatoms. The Morgan fingerprint density at radius 1 is 1.09 bits per heavy atom. The third-order valence-electron chi connectivity index (χ3n) is 7.77. The molecule has 0 radical (unpaired) electrons. The zero-order chi connectivity index (χ0) is 23.3. The molecule has 4 aliphatic heterocycles. The number of likely N-dealkylation sites (tertiary alicyclic amines) is 2. The number of hydrogen-bond acceptors (Lipinski definition) is 6. The summed E-state index contributed by atoms with van der Waals surface area (Å²) in [6.45, 7) is 6.43. The van der Waals surface area contributed by atoms with Gasteiger partial charge in [-0.15, -0.1) is 0 Å². The number of rotatable bonds is 3. The number of fused-ring (bicyclic) bond motifs is 4. The SMILES string of the molecule is Cc1noc(C)c1S(=O)(=O)NC1CCN(C(=O)N2CC3CC(C2)[C@H]2CCCC(=O)N2C3)CC1. The maximum Gasteiger partial charge on any atom is 0.320 e. The fourth-order valence-corrected chi connectivity index (χ4v) is 7.93. The molecule has 1 N–H and O–H groups in total. The molecule has 2 bridgehead atoms. The highest BCUT2D eigenvalue weighted by Gasteiger charge is 2.45. The van der Waals surface area contributed by atoms with E-state index in [1.807, 2.05) is 9.80 Å². The molecule has 1 aromatic rings. The molecule has 3 atom stereocenters. The van der Waals surface area contributed by atoms with Crippen LogP contribution in [-0.2, 0) is 14.8 Å². The van der Waals surface area contributed by atoms with E-state index in [1.54, 1.807) is 13.8 Å². The van der Waals surface area contributed by atoms with Crippen LogP contribution in [0, 0.1) is 25.7 Å². The molecule has 4 saturated heterocycles. The molecule has 33 heavy (non-hydrogen) atoms. The number of hydrogen-bond donors (Lipinski definition) is 1. The highest BCUT2D eigenvalue weighted by atomic mass is 32.2. The van der Waals surface area contributed by atoms with Crippen LogP contribution in [0.25, 0.3) is 0 Å². The molecule has 4 aliphatic rings. The van der Waals surface area contributed by atoms with Gasteiger partial charge in [-0.3, -0.25) is 4.79 Å². The molecule has 2 unspecified atom stereocenters. The Balaban J connectivity index is 1.17. The summed E-state index contributed by atoms with van der Waals surface area (Å²) in [5, 5.41) is 3.74. The van der Waals surface area contributed by atoms with Gasteiger partial charge in [0.05, 0.1) is 0 Å².